The van der Waals surface area contributed by atoms with E-state index in [2.05, 4.69) is 209 Å². The number of hydrogen-bond acceptors (Lipinski definition) is 16. The zero-order chi connectivity index (χ0) is 92.5. The van der Waals surface area contributed by atoms with E-state index in [-0.39, 0.29) is 73.5 Å². The Labute approximate surface area is 784 Å². The molecule has 24 heteroatoms. The molecule has 133 heavy (non-hydrogen) atoms. The molecular weight excluding hydrogens is 1660 g/mol. The minimum absolute atomic E-state index is 0. The Bertz CT molecular complexity index is 5830. The molecule has 0 bridgehead atoms. The van der Waals surface area contributed by atoms with Crippen molar-refractivity contribution in [1.82, 2.24) is 70.1 Å². The first kappa shape index (κ1) is 94.8. The third-order valence-corrected chi connectivity index (χ3v) is 26.9. The van der Waals surface area contributed by atoms with Gasteiger partial charge in [-0.25, -0.2) is 29.5 Å². The van der Waals surface area contributed by atoms with Crippen molar-refractivity contribution < 1.29 is 38.1 Å². The summed E-state index contributed by atoms with van der Waals surface area (Å²) >= 11 is 0. The Kier molecular flexibility index (Phi) is 29.9. The third-order valence-electron chi connectivity index (χ3n) is 26.9. The van der Waals surface area contributed by atoms with Crippen LogP contribution < -0.4 is 10.6 Å². The van der Waals surface area contributed by atoms with Crippen molar-refractivity contribution in [1.29, 1.82) is 0 Å². The first-order valence-corrected chi connectivity index (χ1v) is 47.6. The van der Waals surface area contributed by atoms with Crippen LogP contribution in [0.4, 0.5) is 9.59 Å². The van der Waals surface area contributed by atoms with E-state index in [0.29, 0.717) is 36.7 Å². The predicted octanol–water partition coefficient (Wildman–Crippen LogP) is 23.5. The van der Waals surface area contributed by atoms with Gasteiger partial charge in [-0.05, 0) is 221 Å². The molecule has 0 unspecified atom stereocenters. The fraction of sp³-hybridized carbons (Fsp3) is 0.431. The number of H-pyrrole nitrogens is 4. The Hall–Kier alpha value is -12.9. The number of rotatable bonds is 25. The normalized spacial score (nSPS) is 19.0. The van der Waals surface area contributed by atoms with Gasteiger partial charge in [-0.2, -0.15) is 0 Å². The summed E-state index contributed by atoms with van der Waals surface area (Å²) in [4.78, 5) is 103. The van der Waals surface area contributed by atoms with E-state index in [4.69, 9.17) is 28.9 Å². The number of carbonyl (C=O) groups excluding carboxylic acids is 4. The highest BCUT2D eigenvalue weighted by molar-refractivity contribution is 6.05. The summed E-state index contributed by atoms with van der Waals surface area (Å²) in [5, 5.41) is 6.32. The number of nitrogens with zero attached hydrogens (tertiary/aromatic N) is 10. The van der Waals surface area contributed by atoms with Gasteiger partial charge in [0.25, 0.3) is 0 Å². The van der Waals surface area contributed by atoms with Gasteiger partial charge in [-0.1, -0.05) is 206 Å². The van der Waals surface area contributed by atoms with E-state index in [1.807, 2.05) is 116 Å². The van der Waals surface area contributed by atoms with Gasteiger partial charge in [0.1, 0.15) is 46.6 Å². The van der Waals surface area contributed by atoms with Crippen LogP contribution in [-0.2, 0) is 28.5 Å². The van der Waals surface area contributed by atoms with E-state index in [1.54, 1.807) is 24.0 Å². The second-order valence-electron chi connectivity index (χ2n) is 39.1. The number of amides is 4. The average molecular weight is 1800 g/mol. The molecule has 10 heterocycles. The van der Waals surface area contributed by atoms with Gasteiger partial charge in [0.15, 0.2) is 11.8 Å². The van der Waals surface area contributed by atoms with Crippen LogP contribution in [0.25, 0.3) is 89.6 Å². The van der Waals surface area contributed by atoms with E-state index in [9.17, 15) is 19.2 Å². The molecular formula is C109H134N16O8. The third kappa shape index (κ3) is 22.6. The van der Waals surface area contributed by atoms with Crippen molar-refractivity contribution in [3.05, 3.63) is 242 Å². The molecule has 8 aliphatic rings. The number of nitrogens with one attached hydrogen (secondary N) is 6. The number of imidazole rings is 4. The minimum Gasteiger partial charge on any atom is -0.483 e. The van der Waals surface area contributed by atoms with Gasteiger partial charge in [-0.3, -0.25) is 29.4 Å². The van der Waals surface area contributed by atoms with Gasteiger partial charge in [0.2, 0.25) is 11.8 Å². The standard InChI is InChI=1S/C40H50N6O4.C36H43N5O2.C32H37N5O2.CH4/c1-25(2)36(43-26(3)49-7)38(47)45-20-8-10-34(45)32-22-31(23-41-32)29-14-12-27(13-15-29)28-16-18-30(19-17-28)33-24-42-37(44-33)35-11-9-21-46(35)39(48)50-40(4,5)6;1-23(2)34(39-24(3)43-4)36(42)41-19-7-10-33(41)31-20-30(21-37-31)27-13-11-25(12-14-27)26-15-17-28(18-16-26)32-22-38-35(40-32)29-8-5-6-9-29;1-32(2,3)39-31(38)37-18-6-9-28(37)30-34-20-27(36-30)24-16-12-22(13-17-24)21-10-14-23(15-11-21)26-19-33-29(35-26)25-7-4-5-8-25;/h12-19,23-25,34-36,43H,3,8-11,20-22H2,1-2,4-7H3,(H,42,44);11-18,21-23,29,33-34,39H,3,5-10,19-20H2,1-2,4H3,(H,38,40);10-17,19-20,25,28H,4-9,18H2,1-3H3,(H,33,35)(H,34,36);1H4/t34-,35-,36-;33-,34-;28-;/m000./s1. The molecule has 4 aromatic heterocycles. The number of carbonyl (C=O) groups is 4. The fourth-order valence-electron chi connectivity index (χ4n) is 19.6. The van der Waals surface area contributed by atoms with Crippen molar-refractivity contribution in [3.8, 4) is 78.4 Å². The summed E-state index contributed by atoms with van der Waals surface area (Å²) < 4.78 is 21.7. The van der Waals surface area contributed by atoms with Gasteiger partial charge in [0, 0.05) is 74.7 Å². The van der Waals surface area contributed by atoms with Gasteiger partial charge in [-0.15, -0.1) is 0 Å². The molecule has 4 amide bonds. The summed E-state index contributed by atoms with van der Waals surface area (Å²) in [6.07, 6.45) is 30.1. The maximum absolute atomic E-state index is 13.6. The first-order valence-electron chi connectivity index (χ1n) is 47.6. The highest BCUT2D eigenvalue weighted by atomic mass is 16.6. The Morgan fingerprint density at radius 3 is 0.895 bits per heavy atom. The van der Waals surface area contributed by atoms with E-state index in [0.717, 1.165) is 185 Å². The van der Waals surface area contributed by atoms with Gasteiger partial charge < -0.3 is 59.3 Å². The van der Waals surface area contributed by atoms with Crippen molar-refractivity contribution in [2.45, 2.75) is 252 Å². The molecule has 698 valence electrons. The van der Waals surface area contributed by atoms with Crippen LogP contribution in [0.2, 0.25) is 0 Å². The number of ether oxygens (including phenoxy) is 4. The number of hydrogen-bond donors (Lipinski definition) is 6. The molecule has 6 atom stereocenters. The number of aromatic nitrogens is 8. The number of aliphatic imine (C=N–C) groups is 2. The summed E-state index contributed by atoms with van der Waals surface area (Å²) in [5.41, 5.74) is 21.1. The summed E-state index contributed by atoms with van der Waals surface area (Å²) in [6.45, 7) is 30.0. The highest BCUT2D eigenvalue weighted by Gasteiger charge is 2.42. The zero-order valence-corrected chi connectivity index (χ0v) is 78.8. The van der Waals surface area contributed by atoms with E-state index < -0.39 is 17.2 Å². The summed E-state index contributed by atoms with van der Waals surface area (Å²) in [5.74, 6) is 6.20. The molecule has 2 aliphatic carbocycles. The smallest absolute Gasteiger partial charge is 0.410 e. The number of aromatic amines is 4. The summed E-state index contributed by atoms with van der Waals surface area (Å²) in [7, 11) is 3.12. The fourth-order valence-corrected chi connectivity index (χ4v) is 19.6. The van der Waals surface area contributed by atoms with Crippen molar-refractivity contribution >= 4 is 46.6 Å². The van der Waals surface area contributed by atoms with Crippen LogP contribution in [0, 0.1) is 11.8 Å². The topological polar surface area (TPSA) is 282 Å². The SMILES string of the molecule is C.C=C(N[C@H](C(=O)N1CCC[C@H]1C1=NC=C(c2ccc(-c3ccc(-c4cnc(C5CCCC5)[nH]4)cc3)cc2)C1)C(C)C)OC.C=C(N[C@H](C(=O)N1CCC[C@H]1C1=NC=C(c2ccc(-c3ccc(-c4cnc([C@@H]5CCCN5C(=O)OC(C)(C)C)[nH]4)cc3)cc2)C1)C(C)C)OC.CC(C)(C)OC(=O)N1CCC[C@H]1c1ncc(-c2ccc(-c3ccc(-c4cnc(C5CCCC5)[nH]4)cc3)cc2)[nH]1. The van der Waals surface area contributed by atoms with Crippen molar-refractivity contribution in [2.24, 2.45) is 21.8 Å². The van der Waals surface area contributed by atoms with Crippen molar-refractivity contribution in [2.75, 3.05) is 40.4 Å². The maximum atomic E-state index is 13.6. The average Bonchev–Trinajstić information content (AvgIpc) is 1.66. The van der Waals surface area contributed by atoms with Crippen LogP contribution in [0.15, 0.2) is 218 Å². The molecule has 24 nitrogen and oxygen atoms in total. The molecule has 10 aromatic rings. The number of allylic oxidation sites excluding steroid dienone is 2. The molecule has 6 N–H and O–H groups in total. The minimum atomic E-state index is -0.538. The van der Waals surface area contributed by atoms with Crippen LogP contribution in [0.5, 0.6) is 0 Å². The zero-order valence-electron chi connectivity index (χ0n) is 78.8. The van der Waals surface area contributed by atoms with Crippen LogP contribution in [-0.4, -0.2) is 171 Å². The molecule has 2 saturated carbocycles. The second-order valence-corrected chi connectivity index (χ2v) is 39.1. The van der Waals surface area contributed by atoms with Gasteiger partial charge >= 0.3 is 12.2 Å². The predicted molar refractivity (Wildman–Crippen MR) is 530 cm³/mol. The van der Waals surface area contributed by atoms with Gasteiger partial charge in [0.05, 0.1) is 86.0 Å². The van der Waals surface area contributed by atoms with E-state index >= 15 is 0 Å². The molecule has 6 aliphatic heterocycles. The number of methoxy groups -OCH3 is 2. The lowest BCUT2D eigenvalue weighted by molar-refractivity contribution is -0.135. The highest BCUT2D eigenvalue weighted by Crippen LogP contribution is 2.42. The first-order chi connectivity index (χ1) is 63.7. The Morgan fingerprint density at radius 1 is 0.361 bits per heavy atom. The number of likely N-dealkylation sites (tertiary alicyclic amines) is 4. The molecule has 6 aromatic carbocycles. The lowest BCUT2D eigenvalue weighted by Gasteiger charge is -2.31. The Balaban J connectivity index is 0.000000153. The largest absolute Gasteiger partial charge is 0.483 e. The maximum Gasteiger partial charge on any atom is 0.410 e. The van der Waals surface area contributed by atoms with Crippen LogP contribution in [0.3, 0.4) is 0 Å². The second kappa shape index (κ2) is 41.9. The monoisotopic (exact) mass is 1800 g/mol. The van der Waals surface area contributed by atoms with Crippen LogP contribution in [0.1, 0.15) is 251 Å². The molecule has 0 spiro atoms. The van der Waals surface area contributed by atoms with Crippen molar-refractivity contribution in [3.63, 3.8) is 0 Å². The molecule has 4 saturated heterocycles. The van der Waals surface area contributed by atoms with Crippen LogP contribution >= 0.6 is 0 Å². The molecule has 0 radical (unpaired) electrons. The lowest BCUT2D eigenvalue weighted by Crippen LogP contribution is -2.52. The quantitative estimate of drug-likeness (QED) is 0.0290. The number of benzene rings is 6. The molecule has 6 fully saturated rings. The van der Waals surface area contributed by atoms with E-state index in [1.165, 1.54) is 79.2 Å². The lowest BCUT2D eigenvalue weighted by atomic mass is 9.95. The molecule has 18 rings (SSSR count). The summed E-state index contributed by atoms with van der Waals surface area (Å²) in [6, 6.07) is 50.7. The Morgan fingerprint density at radius 2 is 0.617 bits per heavy atom.